The van der Waals surface area contributed by atoms with Crippen molar-refractivity contribution in [3.8, 4) is 0 Å². The summed E-state index contributed by atoms with van der Waals surface area (Å²) in [5.74, 6) is -0.682. The van der Waals surface area contributed by atoms with Crippen LogP contribution in [0.3, 0.4) is 0 Å². The molecule has 2 heterocycles. The highest BCUT2D eigenvalue weighted by molar-refractivity contribution is 14.1. The SMILES string of the molecule is CC1(C)O[C@H]2O[C@H](CO)[C@H](OCc3ccccc3I)[C@H]2O1. The number of rotatable bonds is 4. The van der Waals surface area contributed by atoms with Gasteiger partial charge in [-0.1, -0.05) is 18.2 Å². The van der Waals surface area contributed by atoms with Crippen molar-refractivity contribution in [2.75, 3.05) is 6.61 Å². The predicted molar refractivity (Wildman–Crippen MR) is 83.5 cm³/mol. The Labute approximate surface area is 137 Å². The van der Waals surface area contributed by atoms with Crippen LogP contribution in [-0.2, 0) is 25.6 Å². The molecule has 0 radical (unpaired) electrons. The Morgan fingerprint density at radius 2 is 2.05 bits per heavy atom. The van der Waals surface area contributed by atoms with Crippen molar-refractivity contribution in [1.82, 2.24) is 0 Å². The molecule has 1 aromatic rings. The molecule has 0 saturated carbocycles. The zero-order chi connectivity index (χ0) is 15.0. The van der Waals surface area contributed by atoms with Gasteiger partial charge in [0.05, 0.1) is 13.2 Å². The molecule has 0 bridgehead atoms. The van der Waals surface area contributed by atoms with E-state index in [1.807, 2.05) is 38.1 Å². The Kier molecular flexibility index (Phi) is 4.54. The molecule has 21 heavy (non-hydrogen) atoms. The lowest BCUT2D eigenvalue weighted by molar-refractivity contribution is -0.222. The highest BCUT2D eigenvalue weighted by Gasteiger charge is 2.55. The van der Waals surface area contributed by atoms with Gasteiger partial charge in [0.1, 0.15) is 18.3 Å². The maximum atomic E-state index is 9.46. The minimum Gasteiger partial charge on any atom is -0.394 e. The number of hydrogen-bond acceptors (Lipinski definition) is 5. The van der Waals surface area contributed by atoms with E-state index in [9.17, 15) is 5.11 Å². The molecule has 1 N–H and O–H groups in total. The van der Waals surface area contributed by atoms with E-state index in [4.69, 9.17) is 18.9 Å². The molecule has 3 rings (SSSR count). The molecule has 2 aliphatic heterocycles. The number of ether oxygens (including phenoxy) is 4. The molecule has 2 fully saturated rings. The summed E-state index contributed by atoms with van der Waals surface area (Å²) in [5.41, 5.74) is 1.11. The highest BCUT2D eigenvalue weighted by atomic mass is 127. The third-order valence-corrected chi connectivity index (χ3v) is 4.71. The van der Waals surface area contributed by atoms with Crippen molar-refractivity contribution in [2.24, 2.45) is 0 Å². The monoisotopic (exact) mass is 406 g/mol. The second kappa shape index (κ2) is 6.10. The number of aliphatic hydroxyl groups is 1. The van der Waals surface area contributed by atoms with Gasteiger partial charge in [-0.3, -0.25) is 0 Å². The molecular weight excluding hydrogens is 387 g/mol. The van der Waals surface area contributed by atoms with Crippen molar-refractivity contribution < 1.29 is 24.1 Å². The van der Waals surface area contributed by atoms with E-state index in [1.165, 1.54) is 0 Å². The molecule has 0 unspecified atom stereocenters. The molecule has 2 aliphatic rings. The van der Waals surface area contributed by atoms with Gasteiger partial charge in [-0.05, 0) is 48.1 Å². The Balaban J connectivity index is 1.69. The van der Waals surface area contributed by atoms with Crippen LogP contribution in [0.5, 0.6) is 0 Å². The smallest absolute Gasteiger partial charge is 0.190 e. The Morgan fingerprint density at radius 3 is 2.76 bits per heavy atom. The molecule has 5 nitrogen and oxygen atoms in total. The van der Waals surface area contributed by atoms with E-state index in [-0.39, 0.29) is 18.8 Å². The first kappa shape index (κ1) is 15.6. The zero-order valence-corrected chi connectivity index (χ0v) is 14.1. The van der Waals surface area contributed by atoms with Crippen LogP contribution in [0.2, 0.25) is 0 Å². The Morgan fingerprint density at radius 1 is 1.29 bits per heavy atom. The van der Waals surface area contributed by atoms with Gasteiger partial charge >= 0.3 is 0 Å². The fourth-order valence-electron chi connectivity index (χ4n) is 2.70. The van der Waals surface area contributed by atoms with Crippen LogP contribution in [0.4, 0.5) is 0 Å². The van der Waals surface area contributed by atoms with Crippen LogP contribution >= 0.6 is 22.6 Å². The molecule has 1 aromatic carbocycles. The summed E-state index contributed by atoms with van der Waals surface area (Å²) in [6.45, 7) is 4.03. The third-order valence-electron chi connectivity index (χ3n) is 3.66. The number of hydrogen-bond donors (Lipinski definition) is 1. The maximum Gasteiger partial charge on any atom is 0.190 e. The van der Waals surface area contributed by atoms with Crippen molar-refractivity contribution >= 4 is 22.6 Å². The fourth-order valence-corrected chi connectivity index (χ4v) is 3.24. The molecule has 116 valence electrons. The largest absolute Gasteiger partial charge is 0.394 e. The Bertz CT molecular complexity index is 507. The minimum absolute atomic E-state index is 0.114. The van der Waals surface area contributed by atoms with Crippen LogP contribution in [0.15, 0.2) is 24.3 Å². The van der Waals surface area contributed by atoms with E-state index in [2.05, 4.69) is 22.6 Å². The first-order valence-corrected chi connectivity index (χ1v) is 8.05. The van der Waals surface area contributed by atoms with Crippen LogP contribution in [-0.4, -0.2) is 42.1 Å². The number of halogens is 1. The number of benzene rings is 1. The van der Waals surface area contributed by atoms with E-state index in [0.717, 1.165) is 9.13 Å². The van der Waals surface area contributed by atoms with Crippen molar-refractivity contribution in [1.29, 1.82) is 0 Å². The van der Waals surface area contributed by atoms with Gasteiger partial charge in [0.2, 0.25) is 0 Å². The summed E-state index contributed by atoms with van der Waals surface area (Å²) >= 11 is 2.28. The molecule has 2 saturated heterocycles. The first-order chi connectivity index (χ1) is 10.00. The normalized spacial score (nSPS) is 34.1. The lowest BCUT2D eigenvalue weighted by Gasteiger charge is -2.25. The molecule has 0 aliphatic carbocycles. The quantitative estimate of drug-likeness (QED) is 0.776. The highest BCUT2D eigenvalue weighted by Crippen LogP contribution is 2.38. The van der Waals surface area contributed by atoms with Gasteiger partial charge in [-0.2, -0.15) is 0 Å². The lowest BCUT2D eigenvalue weighted by Crippen LogP contribution is -2.38. The van der Waals surface area contributed by atoms with Crippen LogP contribution in [0, 0.1) is 3.57 Å². The number of aliphatic hydroxyl groups excluding tert-OH is 1. The average Bonchev–Trinajstić information content (AvgIpc) is 2.89. The van der Waals surface area contributed by atoms with Gasteiger partial charge in [0, 0.05) is 3.57 Å². The molecule has 0 aromatic heterocycles. The summed E-state index contributed by atoms with van der Waals surface area (Å²) in [5, 5.41) is 9.46. The standard InChI is InChI=1S/C15H19IO5/c1-15(2)20-13-12(11(7-17)19-14(13)21-15)18-8-9-5-3-4-6-10(9)16/h3-6,11-14,17H,7-8H2,1-2H3/t11-,12+,13-,14-/m1/s1. The second-order valence-electron chi connectivity index (χ2n) is 5.69. The van der Waals surface area contributed by atoms with Crippen LogP contribution in [0.25, 0.3) is 0 Å². The van der Waals surface area contributed by atoms with E-state index in [0.29, 0.717) is 6.61 Å². The van der Waals surface area contributed by atoms with Crippen molar-refractivity contribution in [3.05, 3.63) is 33.4 Å². The summed E-state index contributed by atoms with van der Waals surface area (Å²) in [6.07, 6.45) is -1.54. The Hall–Kier alpha value is -0.250. The van der Waals surface area contributed by atoms with E-state index < -0.39 is 18.2 Å². The first-order valence-electron chi connectivity index (χ1n) is 6.97. The zero-order valence-electron chi connectivity index (χ0n) is 12.0. The van der Waals surface area contributed by atoms with E-state index >= 15 is 0 Å². The van der Waals surface area contributed by atoms with Crippen LogP contribution in [0.1, 0.15) is 19.4 Å². The molecule has 6 heteroatoms. The average molecular weight is 406 g/mol. The molecule has 0 amide bonds. The van der Waals surface area contributed by atoms with Crippen LogP contribution < -0.4 is 0 Å². The summed E-state index contributed by atoms with van der Waals surface area (Å²) in [6, 6.07) is 8.04. The van der Waals surface area contributed by atoms with Gasteiger partial charge in [-0.25, -0.2) is 0 Å². The summed E-state index contributed by atoms with van der Waals surface area (Å²) in [7, 11) is 0. The minimum atomic E-state index is -0.682. The lowest BCUT2D eigenvalue weighted by atomic mass is 10.1. The third kappa shape index (κ3) is 3.25. The summed E-state index contributed by atoms with van der Waals surface area (Å²) in [4.78, 5) is 0. The van der Waals surface area contributed by atoms with Crippen molar-refractivity contribution in [3.63, 3.8) is 0 Å². The number of fused-ring (bicyclic) bond motifs is 1. The molecular formula is C15H19IO5. The topological polar surface area (TPSA) is 57.2 Å². The fraction of sp³-hybridized carbons (Fsp3) is 0.600. The van der Waals surface area contributed by atoms with Gasteiger partial charge < -0.3 is 24.1 Å². The predicted octanol–water partition coefficient (Wildman–Crippen LogP) is 2.05. The van der Waals surface area contributed by atoms with Gasteiger partial charge in [-0.15, -0.1) is 0 Å². The summed E-state index contributed by atoms with van der Waals surface area (Å²) < 4.78 is 24.3. The maximum absolute atomic E-state index is 9.46. The second-order valence-corrected chi connectivity index (χ2v) is 6.85. The van der Waals surface area contributed by atoms with Gasteiger partial charge in [0.15, 0.2) is 12.1 Å². The molecule has 0 spiro atoms. The van der Waals surface area contributed by atoms with Crippen molar-refractivity contribution in [2.45, 2.75) is 50.8 Å². The van der Waals surface area contributed by atoms with Gasteiger partial charge in [0.25, 0.3) is 0 Å². The molecule has 4 atom stereocenters. The van der Waals surface area contributed by atoms with E-state index in [1.54, 1.807) is 0 Å².